The zero-order chi connectivity index (χ0) is 22.5. The standard InChI is InChI=1S/C25H29NO4S/c1-15(2)31(29,30)21-10-7-18(8-11-21)20-9-12-24-22(14-20)23(25(28)19-5-6-19)13-16(3)26(24)17(4)27/h7-12,14-16,19,23H,5-6,13H2,1-4H3/t16-,23?/m0/s1. The average Bonchev–Trinajstić information content (AvgIpc) is 3.57. The van der Waals surface area contributed by atoms with Gasteiger partial charge in [0.2, 0.25) is 5.91 Å². The van der Waals surface area contributed by atoms with Crippen LogP contribution in [0.1, 0.15) is 58.4 Å². The lowest BCUT2D eigenvalue weighted by atomic mass is 9.80. The number of ketones is 1. The van der Waals surface area contributed by atoms with Gasteiger partial charge in [-0.1, -0.05) is 18.2 Å². The molecular weight excluding hydrogens is 410 g/mol. The topological polar surface area (TPSA) is 71.5 Å². The second-order valence-electron chi connectivity index (χ2n) is 9.09. The first kappa shape index (κ1) is 21.8. The summed E-state index contributed by atoms with van der Waals surface area (Å²) in [7, 11) is -3.32. The van der Waals surface area contributed by atoms with Gasteiger partial charge in [-0.25, -0.2) is 8.42 Å². The van der Waals surface area contributed by atoms with Crippen LogP contribution in [0.15, 0.2) is 47.4 Å². The molecule has 0 radical (unpaired) electrons. The molecule has 1 unspecified atom stereocenters. The van der Waals surface area contributed by atoms with Crippen LogP contribution in [-0.4, -0.2) is 31.4 Å². The molecule has 1 amide bonds. The summed E-state index contributed by atoms with van der Waals surface area (Å²) in [5, 5.41) is -0.476. The molecule has 1 fully saturated rings. The van der Waals surface area contributed by atoms with Gasteiger partial charge in [0.1, 0.15) is 5.78 Å². The first-order chi connectivity index (χ1) is 14.6. The van der Waals surface area contributed by atoms with E-state index in [2.05, 4.69) is 0 Å². The van der Waals surface area contributed by atoms with Gasteiger partial charge in [-0.3, -0.25) is 9.59 Å². The molecule has 0 spiro atoms. The van der Waals surface area contributed by atoms with Crippen molar-refractivity contribution in [3.05, 3.63) is 48.0 Å². The number of carbonyl (C=O) groups is 2. The van der Waals surface area contributed by atoms with E-state index in [1.807, 2.05) is 37.3 Å². The maximum atomic E-state index is 13.0. The van der Waals surface area contributed by atoms with Gasteiger partial charge >= 0.3 is 0 Å². The Morgan fingerprint density at radius 2 is 1.61 bits per heavy atom. The normalized spacial score (nSPS) is 21.1. The van der Waals surface area contributed by atoms with Gasteiger partial charge in [-0.15, -0.1) is 0 Å². The maximum Gasteiger partial charge on any atom is 0.224 e. The lowest BCUT2D eigenvalue weighted by Gasteiger charge is -2.38. The number of sulfone groups is 1. The molecule has 6 heteroatoms. The van der Waals surface area contributed by atoms with Crippen molar-refractivity contribution in [2.75, 3.05) is 4.90 Å². The average molecular weight is 440 g/mol. The van der Waals surface area contributed by atoms with Crippen LogP contribution < -0.4 is 4.90 Å². The molecule has 164 valence electrons. The van der Waals surface area contributed by atoms with Crippen molar-refractivity contribution in [1.29, 1.82) is 0 Å². The zero-order valence-electron chi connectivity index (χ0n) is 18.5. The molecule has 1 saturated carbocycles. The van der Waals surface area contributed by atoms with E-state index in [-0.39, 0.29) is 29.6 Å². The third-order valence-electron chi connectivity index (χ3n) is 6.48. The summed E-state index contributed by atoms with van der Waals surface area (Å²) >= 11 is 0. The number of fused-ring (bicyclic) bond motifs is 1. The van der Waals surface area contributed by atoms with E-state index in [1.165, 1.54) is 0 Å². The Labute approximate surface area is 184 Å². The molecule has 1 aliphatic heterocycles. The highest BCUT2D eigenvalue weighted by Gasteiger charge is 2.41. The van der Waals surface area contributed by atoms with Gasteiger partial charge in [0.15, 0.2) is 9.84 Å². The molecule has 31 heavy (non-hydrogen) atoms. The Bertz CT molecular complexity index is 1130. The molecule has 2 atom stereocenters. The fraction of sp³-hybridized carbons (Fsp3) is 0.440. The van der Waals surface area contributed by atoms with Crippen molar-refractivity contribution >= 4 is 27.2 Å². The molecule has 2 aliphatic rings. The molecule has 1 heterocycles. The van der Waals surface area contributed by atoms with Gasteiger partial charge in [-0.2, -0.15) is 0 Å². The quantitative estimate of drug-likeness (QED) is 0.674. The van der Waals surface area contributed by atoms with E-state index in [4.69, 9.17) is 0 Å². The number of rotatable bonds is 5. The zero-order valence-corrected chi connectivity index (χ0v) is 19.3. The number of amides is 1. The van der Waals surface area contributed by atoms with Crippen LogP contribution in [0.3, 0.4) is 0 Å². The monoisotopic (exact) mass is 439 g/mol. The van der Waals surface area contributed by atoms with Crippen LogP contribution in [0, 0.1) is 5.92 Å². The number of carbonyl (C=O) groups excluding carboxylic acids is 2. The highest BCUT2D eigenvalue weighted by atomic mass is 32.2. The van der Waals surface area contributed by atoms with Gasteiger partial charge in [-0.05, 0) is 81.0 Å². The van der Waals surface area contributed by atoms with Gasteiger partial charge in [0.05, 0.1) is 10.1 Å². The smallest absolute Gasteiger partial charge is 0.224 e. The van der Waals surface area contributed by atoms with Crippen LogP contribution >= 0.6 is 0 Å². The number of anilines is 1. The van der Waals surface area contributed by atoms with Crippen LogP contribution in [0.25, 0.3) is 11.1 Å². The Morgan fingerprint density at radius 3 is 2.16 bits per heavy atom. The molecular formula is C25H29NO4S. The number of benzene rings is 2. The van der Waals surface area contributed by atoms with E-state index in [9.17, 15) is 18.0 Å². The first-order valence-corrected chi connectivity index (χ1v) is 12.5. The van der Waals surface area contributed by atoms with Gasteiger partial charge < -0.3 is 4.90 Å². The van der Waals surface area contributed by atoms with Crippen LogP contribution in [0.5, 0.6) is 0 Å². The highest BCUT2D eigenvalue weighted by molar-refractivity contribution is 7.92. The van der Waals surface area contributed by atoms with Crippen molar-refractivity contribution in [3.63, 3.8) is 0 Å². The molecule has 0 bridgehead atoms. The maximum absolute atomic E-state index is 13.0. The molecule has 0 aromatic heterocycles. The molecule has 2 aromatic carbocycles. The summed E-state index contributed by atoms with van der Waals surface area (Å²) in [4.78, 5) is 27.5. The predicted octanol–water partition coefficient (Wildman–Crippen LogP) is 4.74. The second-order valence-corrected chi connectivity index (χ2v) is 11.6. The first-order valence-electron chi connectivity index (χ1n) is 10.9. The third-order valence-corrected chi connectivity index (χ3v) is 8.65. The Hall–Kier alpha value is -2.47. The minimum Gasteiger partial charge on any atom is -0.310 e. The van der Waals surface area contributed by atoms with E-state index in [0.717, 1.165) is 35.2 Å². The summed E-state index contributed by atoms with van der Waals surface area (Å²) in [5.41, 5.74) is 3.52. The largest absolute Gasteiger partial charge is 0.310 e. The van der Waals surface area contributed by atoms with Gasteiger partial charge in [0.25, 0.3) is 0 Å². The van der Waals surface area contributed by atoms with Crippen LogP contribution in [-0.2, 0) is 19.4 Å². The van der Waals surface area contributed by atoms with Crippen molar-refractivity contribution < 1.29 is 18.0 Å². The molecule has 0 N–H and O–H groups in total. The van der Waals surface area contributed by atoms with Crippen molar-refractivity contribution in [2.24, 2.45) is 5.92 Å². The molecule has 5 nitrogen and oxygen atoms in total. The summed E-state index contributed by atoms with van der Waals surface area (Å²) < 4.78 is 24.8. The molecule has 0 saturated heterocycles. The predicted molar refractivity (Wildman–Crippen MR) is 122 cm³/mol. The fourth-order valence-corrected chi connectivity index (χ4v) is 5.61. The lowest BCUT2D eigenvalue weighted by molar-refractivity contribution is -0.123. The van der Waals surface area contributed by atoms with Crippen LogP contribution in [0.4, 0.5) is 5.69 Å². The third kappa shape index (κ3) is 3.93. The second kappa shape index (κ2) is 7.90. The summed E-state index contributed by atoms with van der Waals surface area (Å²) in [6, 6.07) is 12.7. The Kier molecular flexibility index (Phi) is 5.54. The van der Waals surface area contributed by atoms with Crippen molar-refractivity contribution in [2.45, 2.75) is 69.1 Å². The van der Waals surface area contributed by atoms with Gasteiger partial charge in [0, 0.05) is 30.5 Å². The SMILES string of the molecule is CC(=O)N1c2ccc(-c3ccc(S(=O)(=O)C(C)C)cc3)cc2C(C(=O)C2CC2)C[C@@H]1C. The minimum atomic E-state index is -3.32. The molecule has 1 aliphatic carbocycles. The summed E-state index contributed by atoms with van der Waals surface area (Å²) in [6.45, 7) is 6.90. The number of nitrogens with zero attached hydrogens (tertiary/aromatic N) is 1. The summed E-state index contributed by atoms with van der Waals surface area (Å²) in [5.74, 6) is 0.209. The number of hydrogen-bond donors (Lipinski definition) is 0. The minimum absolute atomic E-state index is 0.0240. The molecule has 4 rings (SSSR count). The van der Waals surface area contributed by atoms with Crippen molar-refractivity contribution in [1.82, 2.24) is 0 Å². The highest BCUT2D eigenvalue weighted by Crippen LogP contribution is 2.45. The summed E-state index contributed by atoms with van der Waals surface area (Å²) in [6.07, 6.45) is 2.55. The van der Waals surface area contributed by atoms with E-state index >= 15 is 0 Å². The van der Waals surface area contributed by atoms with Crippen LogP contribution in [0.2, 0.25) is 0 Å². The van der Waals surface area contributed by atoms with E-state index in [0.29, 0.717) is 11.3 Å². The Morgan fingerprint density at radius 1 is 1.00 bits per heavy atom. The number of Topliss-reactive ketones (excluding diaryl/α,β-unsaturated/α-hetero) is 1. The van der Waals surface area contributed by atoms with E-state index in [1.54, 1.807) is 37.8 Å². The lowest BCUT2D eigenvalue weighted by Crippen LogP contribution is -2.43. The number of hydrogen-bond acceptors (Lipinski definition) is 4. The Balaban J connectivity index is 1.76. The molecule has 2 aromatic rings. The van der Waals surface area contributed by atoms with E-state index < -0.39 is 15.1 Å². The fourth-order valence-electron chi connectivity index (χ4n) is 4.55. The van der Waals surface area contributed by atoms with Crippen molar-refractivity contribution in [3.8, 4) is 11.1 Å².